The Labute approximate surface area is 130 Å². The highest BCUT2D eigenvalue weighted by molar-refractivity contribution is 5.66. The van der Waals surface area contributed by atoms with E-state index in [9.17, 15) is 4.79 Å². The number of aromatic nitrogens is 1. The molecule has 0 radical (unpaired) electrons. The van der Waals surface area contributed by atoms with Crippen LogP contribution in [0, 0.1) is 0 Å². The van der Waals surface area contributed by atoms with Crippen LogP contribution in [0.25, 0.3) is 11.3 Å². The van der Waals surface area contributed by atoms with Gasteiger partial charge in [0.2, 0.25) is 0 Å². The van der Waals surface area contributed by atoms with Crippen LogP contribution >= 0.6 is 0 Å². The summed E-state index contributed by atoms with van der Waals surface area (Å²) in [5.41, 5.74) is 2.43. The van der Waals surface area contributed by atoms with E-state index < -0.39 is 0 Å². The normalized spacial score (nSPS) is 15.1. The maximum atomic E-state index is 12.3. The quantitative estimate of drug-likeness (QED) is 0.892. The van der Waals surface area contributed by atoms with Crippen molar-refractivity contribution in [2.45, 2.75) is 38.3 Å². The zero-order valence-corrected chi connectivity index (χ0v) is 12.9. The Morgan fingerprint density at radius 1 is 1.18 bits per heavy atom. The van der Waals surface area contributed by atoms with Crippen LogP contribution in [-0.4, -0.2) is 18.1 Å². The minimum absolute atomic E-state index is 0.0334. The molecule has 0 aliphatic heterocycles. The molecule has 2 N–H and O–H groups in total. The second-order valence-electron chi connectivity index (χ2n) is 5.79. The number of nitrogens with one attached hydrogen (secondary N) is 2. The van der Waals surface area contributed by atoms with E-state index in [0.29, 0.717) is 12.6 Å². The van der Waals surface area contributed by atoms with Crippen molar-refractivity contribution in [3.63, 3.8) is 0 Å². The molecule has 0 atom stereocenters. The van der Waals surface area contributed by atoms with E-state index in [1.54, 1.807) is 7.11 Å². The van der Waals surface area contributed by atoms with Crippen LogP contribution in [-0.2, 0) is 6.54 Å². The Bertz CT molecular complexity index is 687. The van der Waals surface area contributed by atoms with Gasteiger partial charge in [-0.3, -0.25) is 4.79 Å². The van der Waals surface area contributed by atoms with Gasteiger partial charge in [0.15, 0.2) is 0 Å². The third-order valence-corrected chi connectivity index (χ3v) is 4.32. The Hall–Kier alpha value is -2.07. The molecule has 1 aliphatic carbocycles. The summed E-state index contributed by atoms with van der Waals surface area (Å²) in [5, 5.41) is 3.48. The fraction of sp³-hybridized carbons (Fsp3) is 0.389. The lowest BCUT2D eigenvalue weighted by Gasteiger charge is -2.12. The standard InChI is InChI=1S/C18H22N2O2/c1-22-17-9-5-4-8-15(17)16-11-10-13(18(21)20-16)12-19-14-6-2-3-7-14/h4-5,8-11,14,19H,2-3,6-7,12H2,1H3,(H,20,21). The maximum absolute atomic E-state index is 12.3. The number of H-pyrrole nitrogens is 1. The predicted octanol–water partition coefficient (Wildman–Crippen LogP) is 3.08. The molecular formula is C18H22N2O2. The van der Waals surface area contributed by atoms with E-state index >= 15 is 0 Å². The van der Waals surface area contributed by atoms with Gasteiger partial charge >= 0.3 is 0 Å². The van der Waals surface area contributed by atoms with Gasteiger partial charge < -0.3 is 15.0 Å². The first kappa shape index (κ1) is 14.9. The van der Waals surface area contributed by atoms with Gasteiger partial charge in [0.1, 0.15) is 5.75 Å². The lowest BCUT2D eigenvalue weighted by molar-refractivity contribution is 0.416. The lowest BCUT2D eigenvalue weighted by atomic mass is 10.1. The van der Waals surface area contributed by atoms with E-state index in [-0.39, 0.29) is 5.56 Å². The highest BCUT2D eigenvalue weighted by atomic mass is 16.5. The number of hydrogen-bond acceptors (Lipinski definition) is 3. The number of methoxy groups -OCH3 is 1. The summed E-state index contributed by atoms with van der Waals surface area (Å²) < 4.78 is 5.35. The number of hydrogen-bond donors (Lipinski definition) is 2. The van der Waals surface area contributed by atoms with Gasteiger partial charge in [0, 0.05) is 23.7 Å². The number of benzene rings is 1. The van der Waals surface area contributed by atoms with Crippen LogP contribution in [0.2, 0.25) is 0 Å². The first-order valence-electron chi connectivity index (χ1n) is 7.87. The maximum Gasteiger partial charge on any atom is 0.252 e. The van der Waals surface area contributed by atoms with Crippen LogP contribution in [0.15, 0.2) is 41.2 Å². The average Bonchev–Trinajstić information content (AvgIpc) is 3.07. The Balaban J connectivity index is 1.78. The first-order chi connectivity index (χ1) is 10.8. The predicted molar refractivity (Wildman–Crippen MR) is 88.1 cm³/mol. The zero-order chi connectivity index (χ0) is 15.4. The first-order valence-corrected chi connectivity index (χ1v) is 7.87. The number of para-hydroxylation sites is 1. The van der Waals surface area contributed by atoms with Crippen molar-refractivity contribution in [1.82, 2.24) is 10.3 Å². The summed E-state index contributed by atoms with van der Waals surface area (Å²) >= 11 is 0. The molecule has 1 aliphatic rings. The number of ether oxygens (including phenoxy) is 1. The van der Waals surface area contributed by atoms with Gasteiger partial charge in [-0.2, -0.15) is 0 Å². The fourth-order valence-electron chi connectivity index (χ4n) is 3.05. The summed E-state index contributed by atoms with van der Waals surface area (Å²) in [6.45, 7) is 0.631. The summed E-state index contributed by atoms with van der Waals surface area (Å²) in [4.78, 5) is 15.2. The van der Waals surface area contributed by atoms with Gasteiger partial charge in [-0.15, -0.1) is 0 Å². The van der Waals surface area contributed by atoms with E-state index in [2.05, 4.69) is 10.3 Å². The van der Waals surface area contributed by atoms with Gasteiger partial charge in [-0.1, -0.05) is 31.0 Å². The van der Waals surface area contributed by atoms with Gasteiger partial charge in [0.05, 0.1) is 12.8 Å². The van der Waals surface area contributed by atoms with E-state index in [1.165, 1.54) is 25.7 Å². The molecule has 1 fully saturated rings. The smallest absolute Gasteiger partial charge is 0.252 e. The molecule has 0 spiro atoms. The molecule has 0 saturated heterocycles. The molecule has 1 aromatic heterocycles. The van der Waals surface area contributed by atoms with Crippen LogP contribution in [0.4, 0.5) is 0 Å². The van der Waals surface area contributed by atoms with Crippen LogP contribution in [0.1, 0.15) is 31.2 Å². The van der Waals surface area contributed by atoms with Crippen LogP contribution in [0.5, 0.6) is 5.75 Å². The Kier molecular flexibility index (Phi) is 4.59. The molecule has 1 heterocycles. The molecule has 0 unspecified atom stereocenters. The molecule has 1 saturated carbocycles. The minimum Gasteiger partial charge on any atom is -0.496 e. The van der Waals surface area contributed by atoms with E-state index in [1.807, 2.05) is 36.4 Å². The van der Waals surface area contributed by atoms with Crippen molar-refractivity contribution in [3.05, 3.63) is 52.3 Å². The summed E-state index contributed by atoms with van der Waals surface area (Å²) in [5.74, 6) is 0.759. The second-order valence-corrected chi connectivity index (χ2v) is 5.79. The third-order valence-electron chi connectivity index (χ3n) is 4.32. The van der Waals surface area contributed by atoms with E-state index in [0.717, 1.165) is 22.6 Å². The van der Waals surface area contributed by atoms with Gasteiger partial charge in [0.25, 0.3) is 5.56 Å². The van der Waals surface area contributed by atoms with Crippen molar-refractivity contribution in [1.29, 1.82) is 0 Å². The molecule has 0 bridgehead atoms. The molecule has 1 aromatic carbocycles. The second kappa shape index (κ2) is 6.79. The number of pyridine rings is 1. The third kappa shape index (κ3) is 3.22. The molecule has 3 rings (SSSR count). The molecule has 4 heteroatoms. The molecular weight excluding hydrogens is 276 g/mol. The van der Waals surface area contributed by atoms with Crippen molar-refractivity contribution < 1.29 is 4.74 Å². The molecule has 0 amide bonds. The Morgan fingerprint density at radius 3 is 2.68 bits per heavy atom. The minimum atomic E-state index is -0.0334. The topological polar surface area (TPSA) is 54.1 Å². The van der Waals surface area contributed by atoms with E-state index in [4.69, 9.17) is 4.74 Å². The largest absolute Gasteiger partial charge is 0.496 e. The molecule has 22 heavy (non-hydrogen) atoms. The SMILES string of the molecule is COc1ccccc1-c1ccc(CNC2CCCC2)c(=O)[nH]1. The summed E-state index contributed by atoms with van der Waals surface area (Å²) in [7, 11) is 1.64. The molecule has 4 nitrogen and oxygen atoms in total. The zero-order valence-electron chi connectivity index (χ0n) is 12.9. The summed E-state index contributed by atoms with van der Waals surface area (Å²) in [6, 6.07) is 12.1. The Morgan fingerprint density at radius 2 is 1.95 bits per heavy atom. The monoisotopic (exact) mass is 298 g/mol. The van der Waals surface area contributed by atoms with Crippen LogP contribution < -0.4 is 15.6 Å². The van der Waals surface area contributed by atoms with Gasteiger partial charge in [-0.05, 0) is 31.0 Å². The fourth-order valence-corrected chi connectivity index (χ4v) is 3.05. The molecule has 116 valence electrons. The van der Waals surface area contributed by atoms with Crippen molar-refractivity contribution in [2.24, 2.45) is 0 Å². The highest BCUT2D eigenvalue weighted by Gasteiger charge is 2.14. The van der Waals surface area contributed by atoms with Crippen molar-refractivity contribution in [3.8, 4) is 17.0 Å². The van der Waals surface area contributed by atoms with Crippen molar-refractivity contribution in [2.75, 3.05) is 7.11 Å². The lowest BCUT2D eigenvalue weighted by Crippen LogP contribution is -2.28. The number of rotatable bonds is 5. The van der Waals surface area contributed by atoms with Crippen LogP contribution in [0.3, 0.4) is 0 Å². The highest BCUT2D eigenvalue weighted by Crippen LogP contribution is 2.27. The van der Waals surface area contributed by atoms with Crippen molar-refractivity contribution >= 4 is 0 Å². The average molecular weight is 298 g/mol. The molecule has 2 aromatic rings. The summed E-state index contributed by atoms with van der Waals surface area (Å²) in [6.07, 6.45) is 5.02. The van der Waals surface area contributed by atoms with Gasteiger partial charge in [-0.25, -0.2) is 0 Å². The number of aromatic amines is 1.